The molecule has 0 spiro atoms. The maximum absolute atomic E-state index is 15.6. The van der Waals surface area contributed by atoms with Gasteiger partial charge in [-0.05, 0) is 37.3 Å². The fourth-order valence-corrected chi connectivity index (χ4v) is 5.47. The van der Waals surface area contributed by atoms with E-state index >= 15 is 13.2 Å². The number of benzene rings is 2. The maximum Gasteiger partial charge on any atom is 0.271 e. The highest BCUT2D eigenvalue weighted by Crippen LogP contribution is 2.43. The van der Waals surface area contributed by atoms with Gasteiger partial charge in [-0.2, -0.15) is 0 Å². The largest absolute Gasteiger partial charge is 0.579 e. The fourth-order valence-electron chi connectivity index (χ4n) is 4.89. The van der Waals surface area contributed by atoms with Gasteiger partial charge < -0.3 is 14.6 Å². The lowest BCUT2D eigenvalue weighted by Gasteiger charge is -2.40. The Labute approximate surface area is 214 Å². The summed E-state index contributed by atoms with van der Waals surface area (Å²) >= 11 is -1.78. The van der Waals surface area contributed by atoms with E-state index in [2.05, 4.69) is 4.72 Å². The minimum Gasteiger partial charge on any atom is -0.579 e. The number of amides is 1. The molecule has 202 valence electrons. The molecule has 2 aliphatic rings. The normalized spacial score (nSPS) is 23.2. The molecule has 3 atom stereocenters. The van der Waals surface area contributed by atoms with Crippen molar-refractivity contribution in [1.82, 2.24) is 13.9 Å². The molecule has 1 aliphatic heterocycles. The summed E-state index contributed by atoms with van der Waals surface area (Å²) in [6.45, 7) is -1.44. The molecule has 1 saturated carbocycles. The van der Waals surface area contributed by atoms with Crippen LogP contribution >= 0.6 is 0 Å². The van der Waals surface area contributed by atoms with Crippen LogP contribution in [0.3, 0.4) is 0 Å². The second-order valence-corrected chi connectivity index (χ2v) is 11.3. The molecule has 2 aromatic carbocycles. The van der Waals surface area contributed by atoms with Crippen molar-refractivity contribution in [3.05, 3.63) is 59.4 Å². The third-order valence-electron chi connectivity index (χ3n) is 7.14. The Hall–Kier alpha value is -2.25. The average molecular weight is 546 g/mol. The van der Waals surface area contributed by atoms with Gasteiger partial charge in [-0.1, -0.05) is 30.3 Å². The van der Waals surface area contributed by atoms with E-state index in [0.29, 0.717) is 6.42 Å². The van der Waals surface area contributed by atoms with Gasteiger partial charge in [0.1, 0.15) is 23.0 Å². The van der Waals surface area contributed by atoms with Gasteiger partial charge in [0.15, 0.2) is 11.6 Å². The number of carbonyl (C=O) groups excluding carboxylic acids is 1. The first-order valence-electron chi connectivity index (χ1n) is 11.8. The highest BCUT2D eigenvalue weighted by Gasteiger charge is 2.59. The summed E-state index contributed by atoms with van der Waals surface area (Å²) in [5, 5.41) is 10.6. The first kappa shape index (κ1) is 27.8. The van der Waals surface area contributed by atoms with Gasteiger partial charge in [-0.25, -0.2) is 22.0 Å². The molecule has 37 heavy (non-hydrogen) atoms. The lowest BCUT2D eigenvalue weighted by Crippen LogP contribution is -2.56. The van der Waals surface area contributed by atoms with Crippen LogP contribution in [-0.2, 0) is 22.8 Å². The van der Waals surface area contributed by atoms with Crippen LogP contribution in [0.25, 0.3) is 11.1 Å². The highest BCUT2D eigenvalue weighted by molar-refractivity contribution is 7.87. The van der Waals surface area contributed by atoms with E-state index in [4.69, 9.17) is 0 Å². The van der Waals surface area contributed by atoms with Crippen molar-refractivity contribution in [3.8, 4) is 11.1 Å². The lowest BCUT2D eigenvalue weighted by molar-refractivity contribution is -0.162. The first-order chi connectivity index (χ1) is 17.4. The standard InChI is InChI=1S/C25H28F5N3O3S/c1-32(2)37(36)31-13-18-20(33(14-25(18,29)30)23(34)24(35)10-5-11-24)12-15-6-3-7-16(21(15)27)17-8-4-9-19(26)22(17)28/h3-4,6-9,18,20,31,35H,5,10-14H2,1-2H3/t18-,20+,37?/m1/s1. The van der Waals surface area contributed by atoms with Gasteiger partial charge in [0.25, 0.3) is 11.8 Å². The van der Waals surface area contributed by atoms with Crippen LogP contribution in [0.1, 0.15) is 24.8 Å². The second-order valence-electron chi connectivity index (χ2n) is 9.75. The molecule has 0 aromatic heterocycles. The molecule has 1 amide bonds. The molecule has 1 saturated heterocycles. The van der Waals surface area contributed by atoms with Gasteiger partial charge in [0.05, 0.1) is 19.0 Å². The van der Waals surface area contributed by atoms with Crippen molar-refractivity contribution in [1.29, 1.82) is 0 Å². The third-order valence-corrected chi connectivity index (χ3v) is 8.21. The summed E-state index contributed by atoms with van der Waals surface area (Å²) in [5.74, 6) is -9.18. The van der Waals surface area contributed by atoms with Crippen LogP contribution in [0.5, 0.6) is 0 Å². The van der Waals surface area contributed by atoms with Crippen molar-refractivity contribution < 1.29 is 36.4 Å². The Morgan fingerprint density at radius 1 is 1.14 bits per heavy atom. The van der Waals surface area contributed by atoms with E-state index < -0.39 is 71.5 Å². The summed E-state index contributed by atoms with van der Waals surface area (Å²) in [7, 11) is 2.98. The number of carbonyl (C=O) groups is 1. The van der Waals surface area contributed by atoms with Crippen LogP contribution in [0.15, 0.2) is 36.4 Å². The smallest absolute Gasteiger partial charge is 0.271 e. The number of nitrogens with zero attached hydrogens (tertiary/aromatic N) is 2. The Bertz CT molecular complexity index is 1160. The monoisotopic (exact) mass is 545 g/mol. The Balaban J connectivity index is 1.70. The van der Waals surface area contributed by atoms with E-state index in [9.17, 15) is 23.2 Å². The number of aliphatic hydroxyl groups is 1. The Morgan fingerprint density at radius 3 is 2.35 bits per heavy atom. The number of nitrogens with one attached hydrogen (secondary N) is 1. The third kappa shape index (κ3) is 5.35. The fraction of sp³-hybridized carbons (Fsp3) is 0.480. The zero-order chi connectivity index (χ0) is 27.1. The van der Waals surface area contributed by atoms with Crippen molar-refractivity contribution >= 4 is 17.5 Å². The van der Waals surface area contributed by atoms with Gasteiger partial charge >= 0.3 is 0 Å². The van der Waals surface area contributed by atoms with Gasteiger partial charge in [0.2, 0.25) is 0 Å². The Kier molecular flexibility index (Phi) is 7.87. The van der Waals surface area contributed by atoms with E-state index in [1.165, 1.54) is 48.7 Å². The number of alkyl halides is 2. The molecule has 6 nitrogen and oxygen atoms in total. The van der Waals surface area contributed by atoms with Crippen LogP contribution in [0, 0.1) is 23.4 Å². The number of likely N-dealkylation sites (tertiary alicyclic amines) is 1. The number of halogens is 5. The molecule has 1 unspecified atom stereocenters. The zero-order valence-corrected chi connectivity index (χ0v) is 21.1. The van der Waals surface area contributed by atoms with Crippen molar-refractivity contribution in [2.45, 2.75) is 43.2 Å². The van der Waals surface area contributed by atoms with Gasteiger partial charge in [-0.15, -0.1) is 9.03 Å². The molecule has 2 N–H and O–H groups in total. The van der Waals surface area contributed by atoms with Crippen molar-refractivity contribution in [2.24, 2.45) is 5.92 Å². The van der Waals surface area contributed by atoms with E-state index in [1.807, 2.05) is 0 Å². The molecule has 0 radical (unpaired) electrons. The average Bonchev–Trinajstić information content (AvgIpc) is 3.07. The van der Waals surface area contributed by atoms with Crippen LogP contribution in [-0.4, -0.2) is 69.5 Å². The molecule has 2 aromatic rings. The number of hydrogen-bond donors (Lipinski definition) is 2. The Morgan fingerprint density at radius 2 is 1.76 bits per heavy atom. The minimum atomic E-state index is -3.42. The molecular weight excluding hydrogens is 517 g/mol. The molecule has 12 heteroatoms. The minimum absolute atomic E-state index is 0.0824. The van der Waals surface area contributed by atoms with Crippen LogP contribution in [0.2, 0.25) is 0 Å². The summed E-state index contributed by atoms with van der Waals surface area (Å²) in [6, 6.07) is 6.03. The summed E-state index contributed by atoms with van der Waals surface area (Å²) < 4.78 is 90.2. The van der Waals surface area contributed by atoms with Gasteiger partial charge in [-0.3, -0.25) is 4.79 Å². The van der Waals surface area contributed by atoms with E-state index in [1.54, 1.807) is 0 Å². The SMILES string of the molecule is CN(C)[S+]([O-])NC[C@@H]1[C@H](Cc2cccc(-c3cccc(F)c3F)c2F)N(C(=O)C2(O)CCC2)CC1(F)F. The quantitative estimate of drug-likeness (QED) is 0.393. The second kappa shape index (κ2) is 10.5. The van der Waals surface area contributed by atoms with Crippen LogP contribution < -0.4 is 4.72 Å². The molecule has 1 aliphatic carbocycles. The molecular formula is C25H28F5N3O3S. The molecule has 1 heterocycles. The lowest BCUT2D eigenvalue weighted by atomic mass is 9.79. The first-order valence-corrected chi connectivity index (χ1v) is 12.9. The predicted octanol–water partition coefficient (Wildman–Crippen LogP) is 3.42. The van der Waals surface area contributed by atoms with Gasteiger partial charge in [0, 0.05) is 31.3 Å². The number of rotatable bonds is 8. The topological polar surface area (TPSA) is 78.9 Å². The van der Waals surface area contributed by atoms with E-state index in [-0.39, 0.29) is 36.0 Å². The highest BCUT2D eigenvalue weighted by atomic mass is 32.2. The summed E-state index contributed by atoms with van der Waals surface area (Å²) in [6.07, 6.45) is 0.461. The molecule has 0 bridgehead atoms. The van der Waals surface area contributed by atoms with E-state index in [0.717, 1.165) is 11.0 Å². The van der Waals surface area contributed by atoms with Crippen molar-refractivity contribution in [3.63, 3.8) is 0 Å². The predicted molar refractivity (Wildman–Crippen MR) is 128 cm³/mol. The molecule has 4 rings (SSSR count). The summed E-state index contributed by atoms with van der Waals surface area (Å²) in [4.78, 5) is 14.0. The van der Waals surface area contributed by atoms with Crippen molar-refractivity contribution in [2.75, 3.05) is 27.2 Å². The summed E-state index contributed by atoms with van der Waals surface area (Å²) in [5.41, 5.74) is -2.42. The maximum atomic E-state index is 15.6. The zero-order valence-electron chi connectivity index (χ0n) is 20.3. The number of hydrogen-bond acceptors (Lipinski definition) is 5. The molecule has 2 fully saturated rings. The van der Waals surface area contributed by atoms with Crippen LogP contribution in [0.4, 0.5) is 22.0 Å².